The number of nitrogens with one attached hydrogen (secondary N) is 1. The lowest BCUT2D eigenvalue weighted by molar-refractivity contribution is -0.125. The Kier molecular flexibility index (Phi) is 3.89. The average Bonchev–Trinajstić information content (AvgIpc) is 3.30. The fourth-order valence-electron chi connectivity index (χ4n) is 3.14. The summed E-state index contributed by atoms with van der Waals surface area (Å²) in [6.07, 6.45) is 4.10. The smallest absolute Gasteiger partial charge is 0.232 e. The van der Waals surface area contributed by atoms with Crippen LogP contribution in [0.4, 0.5) is 5.69 Å². The fourth-order valence-corrected chi connectivity index (χ4v) is 4.10. The lowest BCUT2D eigenvalue weighted by Crippen LogP contribution is -2.42. The second kappa shape index (κ2) is 5.57. The molecule has 1 aromatic carbocycles. The Hall–Kier alpha value is -1.56. The Labute approximate surface area is 131 Å². The van der Waals surface area contributed by atoms with Crippen molar-refractivity contribution in [3.63, 3.8) is 0 Å². The number of para-hydroxylation sites is 1. The number of sulfonamides is 1. The van der Waals surface area contributed by atoms with Crippen molar-refractivity contribution in [2.24, 2.45) is 11.8 Å². The lowest BCUT2D eigenvalue weighted by Gasteiger charge is -2.34. The van der Waals surface area contributed by atoms with Crippen molar-refractivity contribution in [1.82, 2.24) is 5.32 Å². The predicted octanol–water partition coefficient (Wildman–Crippen LogP) is 2.06. The van der Waals surface area contributed by atoms with E-state index >= 15 is 0 Å². The van der Waals surface area contributed by atoms with Crippen molar-refractivity contribution in [3.8, 4) is 0 Å². The number of carbonyl (C=O) groups is 1. The second-order valence-electron chi connectivity index (χ2n) is 6.37. The van der Waals surface area contributed by atoms with E-state index in [1.54, 1.807) is 6.07 Å². The molecule has 0 aromatic heterocycles. The van der Waals surface area contributed by atoms with Gasteiger partial charge in [0.05, 0.1) is 18.0 Å². The van der Waals surface area contributed by atoms with E-state index in [1.165, 1.54) is 10.6 Å². The number of carbonyl (C=O) groups excluding carboxylic acids is 1. The number of anilines is 1. The molecule has 1 aliphatic heterocycles. The standard InChI is InChI=1S/C16H22N2O3S/c1-11(12-7-8-12)16(19)17-14-9-10-18(22(2,20)21)15-6-4-3-5-13(14)15/h3-6,11-12,14H,7-10H2,1-2H3,(H,17,19). The summed E-state index contributed by atoms with van der Waals surface area (Å²) < 4.78 is 25.3. The molecule has 22 heavy (non-hydrogen) atoms. The van der Waals surface area contributed by atoms with Crippen LogP contribution in [0.3, 0.4) is 0 Å². The zero-order valence-corrected chi connectivity index (χ0v) is 13.8. The zero-order valence-electron chi connectivity index (χ0n) is 13.0. The molecule has 0 spiro atoms. The summed E-state index contributed by atoms with van der Waals surface area (Å²) in [5.41, 5.74) is 1.57. The van der Waals surface area contributed by atoms with Gasteiger partial charge in [0.25, 0.3) is 0 Å². The lowest BCUT2D eigenvalue weighted by atomic mass is 9.96. The van der Waals surface area contributed by atoms with E-state index in [-0.39, 0.29) is 17.9 Å². The van der Waals surface area contributed by atoms with E-state index in [0.29, 0.717) is 24.6 Å². The monoisotopic (exact) mass is 322 g/mol. The van der Waals surface area contributed by atoms with Crippen molar-refractivity contribution in [1.29, 1.82) is 0 Å². The topological polar surface area (TPSA) is 66.5 Å². The molecular weight excluding hydrogens is 300 g/mol. The van der Waals surface area contributed by atoms with E-state index in [1.807, 2.05) is 25.1 Å². The largest absolute Gasteiger partial charge is 0.349 e. The van der Waals surface area contributed by atoms with Crippen LogP contribution in [0.2, 0.25) is 0 Å². The number of fused-ring (bicyclic) bond motifs is 1. The van der Waals surface area contributed by atoms with Crippen LogP contribution < -0.4 is 9.62 Å². The van der Waals surface area contributed by atoms with Crippen LogP contribution in [0, 0.1) is 11.8 Å². The minimum atomic E-state index is -3.29. The molecule has 1 heterocycles. The molecule has 5 nitrogen and oxygen atoms in total. The molecule has 1 N–H and O–H groups in total. The summed E-state index contributed by atoms with van der Waals surface area (Å²) >= 11 is 0. The quantitative estimate of drug-likeness (QED) is 0.923. The third kappa shape index (κ3) is 2.97. The van der Waals surface area contributed by atoms with E-state index in [2.05, 4.69) is 5.32 Å². The molecule has 120 valence electrons. The molecule has 1 fully saturated rings. The molecule has 0 saturated heterocycles. The Morgan fingerprint density at radius 3 is 2.59 bits per heavy atom. The van der Waals surface area contributed by atoms with E-state index < -0.39 is 10.0 Å². The van der Waals surface area contributed by atoms with Crippen LogP contribution in [-0.4, -0.2) is 27.1 Å². The first-order valence-electron chi connectivity index (χ1n) is 7.75. The highest BCUT2D eigenvalue weighted by Gasteiger charge is 2.35. The molecule has 2 aliphatic rings. The molecule has 6 heteroatoms. The predicted molar refractivity (Wildman–Crippen MR) is 86.0 cm³/mol. The molecule has 1 aliphatic carbocycles. The maximum Gasteiger partial charge on any atom is 0.232 e. The molecule has 2 unspecified atom stereocenters. The highest BCUT2D eigenvalue weighted by Crippen LogP contribution is 2.38. The molecule has 1 amide bonds. The Bertz CT molecular complexity index is 682. The van der Waals surface area contributed by atoms with Crippen LogP contribution in [0.15, 0.2) is 24.3 Å². The van der Waals surface area contributed by atoms with Gasteiger partial charge in [0.2, 0.25) is 15.9 Å². The minimum Gasteiger partial charge on any atom is -0.349 e. The van der Waals surface area contributed by atoms with Gasteiger partial charge in [-0.2, -0.15) is 0 Å². The van der Waals surface area contributed by atoms with Crippen LogP contribution >= 0.6 is 0 Å². The highest BCUT2D eigenvalue weighted by molar-refractivity contribution is 7.92. The number of benzene rings is 1. The molecule has 1 aromatic rings. The Morgan fingerprint density at radius 2 is 1.95 bits per heavy atom. The summed E-state index contributed by atoms with van der Waals surface area (Å²) in [5.74, 6) is 0.640. The van der Waals surface area contributed by atoms with Gasteiger partial charge in [0.1, 0.15) is 0 Å². The third-order valence-electron chi connectivity index (χ3n) is 4.66. The SMILES string of the molecule is CC(C(=O)NC1CCN(S(C)(=O)=O)c2ccccc21)C1CC1. The molecule has 0 bridgehead atoms. The summed E-state index contributed by atoms with van der Waals surface area (Å²) in [6, 6.07) is 7.31. The van der Waals surface area contributed by atoms with Crippen molar-refractivity contribution in [2.75, 3.05) is 17.1 Å². The van der Waals surface area contributed by atoms with Gasteiger partial charge >= 0.3 is 0 Å². The first kappa shape index (κ1) is 15.3. The summed E-state index contributed by atoms with van der Waals surface area (Å²) in [5, 5.41) is 3.11. The number of hydrogen-bond donors (Lipinski definition) is 1. The zero-order chi connectivity index (χ0) is 15.9. The first-order chi connectivity index (χ1) is 10.4. The van der Waals surface area contributed by atoms with Gasteiger partial charge in [0.15, 0.2) is 0 Å². The van der Waals surface area contributed by atoms with E-state index in [4.69, 9.17) is 0 Å². The maximum absolute atomic E-state index is 12.3. The molecule has 1 saturated carbocycles. The van der Waals surface area contributed by atoms with Gasteiger partial charge in [-0.15, -0.1) is 0 Å². The molecule has 2 atom stereocenters. The normalized spacial score (nSPS) is 22.8. The van der Waals surface area contributed by atoms with Crippen molar-refractivity contribution in [2.45, 2.75) is 32.2 Å². The van der Waals surface area contributed by atoms with Gasteiger partial charge in [-0.1, -0.05) is 25.1 Å². The highest BCUT2D eigenvalue weighted by atomic mass is 32.2. The van der Waals surface area contributed by atoms with Crippen LogP contribution in [0.1, 0.15) is 37.8 Å². The Morgan fingerprint density at radius 1 is 1.27 bits per heavy atom. The van der Waals surface area contributed by atoms with Crippen LogP contribution in [0.25, 0.3) is 0 Å². The van der Waals surface area contributed by atoms with E-state index in [0.717, 1.165) is 18.4 Å². The van der Waals surface area contributed by atoms with Crippen LogP contribution in [0.5, 0.6) is 0 Å². The van der Waals surface area contributed by atoms with Crippen molar-refractivity contribution < 1.29 is 13.2 Å². The second-order valence-corrected chi connectivity index (χ2v) is 8.28. The molecular formula is C16H22N2O3S. The van der Waals surface area contributed by atoms with Crippen LogP contribution in [-0.2, 0) is 14.8 Å². The summed E-state index contributed by atoms with van der Waals surface area (Å²) in [7, 11) is -3.29. The number of amides is 1. The Balaban J connectivity index is 1.83. The summed E-state index contributed by atoms with van der Waals surface area (Å²) in [4.78, 5) is 12.3. The molecule has 3 rings (SSSR count). The number of nitrogens with zero attached hydrogens (tertiary/aromatic N) is 1. The van der Waals surface area contributed by atoms with Crippen molar-refractivity contribution >= 4 is 21.6 Å². The van der Waals surface area contributed by atoms with Gasteiger partial charge < -0.3 is 5.32 Å². The van der Waals surface area contributed by atoms with Gasteiger partial charge in [-0.3, -0.25) is 9.10 Å². The van der Waals surface area contributed by atoms with Crippen molar-refractivity contribution in [3.05, 3.63) is 29.8 Å². The summed E-state index contributed by atoms with van der Waals surface area (Å²) in [6.45, 7) is 2.38. The van der Waals surface area contributed by atoms with Gasteiger partial charge in [-0.25, -0.2) is 8.42 Å². The maximum atomic E-state index is 12.3. The fraction of sp³-hybridized carbons (Fsp3) is 0.562. The number of hydrogen-bond acceptors (Lipinski definition) is 3. The molecule has 0 radical (unpaired) electrons. The van der Waals surface area contributed by atoms with Gasteiger partial charge in [-0.05, 0) is 36.8 Å². The average molecular weight is 322 g/mol. The van der Waals surface area contributed by atoms with Gasteiger partial charge in [0, 0.05) is 12.5 Å². The minimum absolute atomic E-state index is 0.0418. The first-order valence-corrected chi connectivity index (χ1v) is 9.60. The van der Waals surface area contributed by atoms with E-state index in [9.17, 15) is 13.2 Å². The third-order valence-corrected chi connectivity index (χ3v) is 5.84. The number of rotatable bonds is 4.